The van der Waals surface area contributed by atoms with E-state index in [9.17, 15) is 9.18 Å². The van der Waals surface area contributed by atoms with Crippen LogP contribution in [0.15, 0.2) is 12.1 Å². The van der Waals surface area contributed by atoms with Crippen LogP contribution in [0.4, 0.5) is 10.1 Å². The zero-order valence-corrected chi connectivity index (χ0v) is 13.2. The van der Waals surface area contributed by atoms with E-state index >= 15 is 0 Å². The fourth-order valence-corrected chi connectivity index (χ4v) is 3.08. The Labute approximate surface area is 132 Å². The summed E-state index contributed by atoms with van der Waals surface area (Å²) in [7, 11) is 1.56. The first-order valence-corrected chi connectivity index (χ1v) is 7.40. The maximum Gasteiger partial charge on any atom is 0.233 e. The first-order valence-electron chi connectivity index (χ1n) is 6.64. The molecule has 0 spiro atoms. The van der Waals surface area contributed by atoms with Gasteiger partial charge in [0.2, 0.25) is 5.91 Å². The standard InChI is InChI=1S/C14H17Cl2FN2O2/c1-21-8-14(2-4-18-5-3-14)13(20)19-12-10(15)6-9(17)7-11(12)16/h6-7,18H,2-5,8H2,1H3,(H,19,20). The third-order valence-corrected chi connectivity index (χ3v) is 4.30. The Morgan fingerprint density at radius 2 is 1.95 bits per heavy atom. The van der Waals surface area contributed by atoms with Crippen molar-refractivity contribution >= 4 is 34.8 Å². The van der Waals surface area contributed by atoms with Crippen molar-refractivity contribution in [2.75, 3.05) is 32.1 Å². The molecule has 2 rings (SSSR count). The van der Waals surface area contributed by atoms with E-state index in [1.807, 2.05) is 0 Å². The Bertz CT molecular complexity index is 505. The molecule has 0 radical (unpaired) electrons. The maximum absolute atomic E-state index is 13.2. The number of hydrogen-bond donors (Lipinski definition) is 2. The van der Waals surface area contributed by atoms with Crippen molar-refractivity contribution in [1.29, 1.82) is 0 Å². The summed E-state index contributed by atoms with van der Waals surface area (Å²) in [6, 6.07) is 2.24. The molecule has 1 aromatic carbocycles. The Kier molecular flexibility index (Phi) is 5.43. The number of benzene rings is 1. The highest BCUT2D eigenvalue weighted by Gasteiger charge is 2.40. The topological polar surface area (TPSA) is 50.4 Å². The van der Waals surface area contributed by atoms with Gasteiger partial charge in [0, 0.05) is 7.11 Å². The minimum absolute atomic E-state index is 0.0786. The molecular formula is C14H17Cl2FN2O2. The van der Waals surface area contributed by atoms with Crippen LogP contribution in [-0.2, 0) is 9.53 Å². The van der Waals surface area contributed by atoms with E-state index in [0.717, 1.165) is 25.2 Å². The van der Waals surface area contributed by atoms with Gasteiger partial charge in [0.05, 0.1) is 27.8 Å². The molecule has 0 aliphatic carbocycles. The van der Waals surface area contributed by atoms with Gasteiger partial charge in [-0.2, -0.15) is 0 Å². The highest BCUT2D eigenvalue weighted by atomic mass is 35.5. The summed E-state index contributed by atoms with van der Waals surface area (Å²) in [5.41, 5.74) is -0.389. The molecule has 1 aliphatic heterocycles. The molecule has 2 N–H and O–H groups in total. The Hall–Kier alpha value is -0.880. The monoisotopic (exact) mass is 334 g/mol. The fourth-order valence-electron chi connectivity index (χ4n) is 2.53. The van der Waals surface area contributed by atoms with Gasteiger partial charge < -0.3 is 15.4 Å². The molecule has 1 aliphatic rings. The third kappa shape index (κ3) is 3.66. The molecule has 0 atom stereocenters. The third-order valence-electron chi connectivity index (χ3n) is 3.71. The van der Waals surface area contributed by atoms with Gasteiger partial charge in [-0.3, -0.25) is 4.79 Å². The molecule has 0 unspecified atom stereocenters. The summed E-state index contributed by atoms with van der Waals surface area (Å²) < 4.78 is 18.4. The number of ether oxygens (including phenoxy) is 1. The van der Waals surface area contributed by atoms with Gasteiger partial charge in [-0.05, 0) is 38.1 Å². The molecule has 1 amide bonds. The number of piperidine rings is 1. The molecule has 0 saturated carbocycles. The minimum Gasteiger partial charge on any atom is -0.384 e. The molecule has 21 heavy (non-hydrogen) atoms. The van der Waals surface area contributed by atoms with E-state index in [1.54, 1.807) is 7.11 Å². The predicted molar refractivity (Wildman–Crippen MR) is 81.5 cm³/mol. The van der Waals surface area contributed by atoms with Gasteiger partial charge in [-0.25, -0.2) is 4.39 Å². The summed E-state index contributed by atoms with van der Waals surface area (Å²) in [4.78, 5) is 12.6. The largest absolute Gasteiger partial charge is 0.384 e. The van der Waals surface area contributed by atoms with Crippen LogP contribution in [-0.4, -0.2) is 32.7 Å². The fraction of sp³-hybridized carbons (Fsp3) is 0.500. The second kappa shape index (κ2) is 6.92. The summed E-state index contributed by atoms with van der Waals surface area (Å²) in [6.45, 7) is 1.79. The molecule has 0 aromatic heterocycles. The van der Waals surface area contributed by atoms with Crippen molar-refractivity contribution < 1.29 is 13.9 Å². The van der Waals surface area contributed by atoms with Gasteiger partial charge in [0.1, 0.15) is 5.82 Å². The lowest BCUT2D eigenvalue weighted by molar-refractivity contribution is -0.130. The van der Waals surface area contributed by atoms with Crippen molar-refractivity contribution in [3.8, 4) is 0 Å². The highest BCUT2D eigenvalue weighted by Crippen LogP contribution is 2.35. The van der Waals surface area contributed by atoms with Gasteiger partial charge in [0.15, 0.2) is 0 Å². The van der Waals surface area contributed by atoms with E-state index in [0.29, 0.717) is 19.4 Å². The quantitative estimate of drug-likeness (QED) is 0.889. The Morgan fingerprint density at radius 3 is 2.48 bits per heavy atom. The normalized spacial score (nSPS) is 17.5. The van der Waals surface area contributed by atoms with E-state index in [2.05, 4.69) is 10.6 Å². The van der Waals surface area contributed by atoms with Crippen molar-refractivity contribution in [3.63, 3.8) is 0 Å². The second-order valence-electron chi connectivity index (χ2n) is 5.16. The molecule has 1 heterocycles. The van der Waals surface area contributed by atoms with E-state index in [-0.39, 0.29) is 21.6 Å². The number of methoxy groups -OCH3 is 1. The van der Waals surface area contributed by atoms with Gasteiger partial charge in [0.25, 0.3) is 0 Å². The van der Waals surface area contributed by atoms with Gasteiger partial charge in [-0.15, -0.1) is 0 Å². The van der Waals surface area contributed by atoms with Crippen molar-refractivity contribution in [2.24, 2.45) is 5.41 Å². The molecule has 4 nitrogen and oxygen atoms in total. The second-order valence-corrected chi connectivity index (χ2v) is 5.98. The molecular weight excluding hydrogens is 318 g/mol. The van der Waals surface area contributed by atoms with E-state index < -0.39 is 11.2 Å². The molecule has 1 saturated heterocycles. The number of carbonyl (C=O) groups is 1. The number of nitrogens with one attached hydrogen (secondary N) is 2. The highest BCUT2D eigenvalue weighted by molar-refractivity contribution is 6.39. The lowest BCUT2D eigenvalue weighted by Gasteiger charge is -2.35. The Balaban J connectivity index is 2.23. The number of carbonyl (C=O) groups excluding carboxylic acids is 1. The van der Waals surface area contributed by atoms with Crippen LogP contribution in [0.5, 0.6) is 0 Å². The average Bonchev–Trinajstić information content (AvgIpc) is 2.44. The zero-order valence-electron chi connectivity index (χ0n) is 11.6. The van der Waals surface area contributed by atoms with Crippen LogP contribution in [0.2, 0.25) is 10.0 Å². The van der Waals surface area contributed by atoms with Crippen molar-refractivity contribution in [1.82, 2.24) is 5.32 Å². The average molecular weight is 335 g/mol. The Morgan fingerprint density at radius 1 is 1.38 bits per heavy atom. The van der Waals surface area contributed by atoms with Gasteiger partial charge >= 0.3 is 0 Å². The molecule has 7 heteroatoms. The van der Waals surface area contributed by atoms with Crippen LogP contribution >= 0.6 is 23.2 Å². The number of anilines is 1. The summed E-state index contributed by atoms with van der Waals surface area (Å²) in [6.07, 6.45) is 1.31. The number of halogens is 3. The minimum atomic E-state index is -0.624. The van der Waals surface area contributed by atoms with Crippen molar-refractivity contribution in [2.45, 2.75) is 12.8 Å². The lowest BCUT2D eigenvalue weighted by Crippen LogP contribution is -2.47. The molecule has 1 fully saturated rings. The first-order chi connectivity index (χ1) is 9.98. The SMILES string of the molecule is COCC1(C(=O)Nc2c(Cl)cc(F)cc2Cl)CCNCC1. The predicted octanol–water partition coefficient (Wildman–Crippen LogP) is 3.09. The van der Waals surface area contributed by atoms with Crippen LogP contribution < -0.4 is 10.6 Å². The number of rotatable bonds is 4. The first kappa shape index (κ1) is 16.5. The van der Waals surface area contributed by atoms with Crippen LogP contribution in [0.3, 0.4) is 0 Å². The number of hydrogen-bond acceptors (Lipinski definition) is 3. The summed E-state index contributed by atoms with van der Waals surface area (Å²) >= 11 is 11.9. The van der Waals surface area contributed by atoms with Crippen LogP contribution in [0.25, 0.3) is 0 Å². The summed E-state index contributed by atoms with van der Waals surface area (Å²) in [5.74, 6) is -0.752. The summed E-state index contributed by atoms with van der Waals surface area (Å²) in [5, 5.41) is 6.09. The van der Waals surface area contributed by atoms with E-state index in [4.69, 9.17) is 27.9 Å². The molecule has 0 bridgehead atoms. The van der Waals surface area contributed by atoms with Crippen molar-refractivity contribution in [3.05, 3.63) is 28.0 Å². The molecule has 116 valence electrons. The van der Waals surface area contributed by atoms with E-state index in [1.165, 1.54) is 0 Å². The van der Waals surface area contributed by atoms with Gasteiger partial charge in [-0.1, -0.05) is 23.2 Å². The molecule has 1 aromatic rings. The maximum atomic E-state index is 13.2. The van der Waals surface area contributed by atoms with Crippen LogP contribution in [0, 0.1) is 11.2 Å². The zero-order chi connectivity index (χ0) is 15.5. The lowest BCUT2D eigenvalue weighted by atomic mass is 9.78. The number of amides is 1. The van der Waals surface area contributed by atoms with Crippen LogP contribution in [0.1, 0.15) is 12.8 Å². The smallest absolute Gasteiger partial charge is 0.233 e.